The summed E-state index contributed by atoms with van der Waals surface area (Å²) >= 11 is 5.79. The van der Waals surface area contributed by atoms with Crippen molar-refractivity contribution in [2.45, 2.75) is 13.0 Å². The maximum atomic E-state index is 12.1. The number of carbonyl (C=O) groups excluding carboxylic acids is 2. The lowest BCUT2D eigenvalue weighted by Crippen LogP contribution is -2.29. The molecule has 1 N–H and O–H groups in total. The minimum absolute atomic E-state index is 0.185. The van der Waals surface area contributed by atoms with E-state index in [0.717, 1.165) is 5.56 Å². The van der Waals surface area contributed by atoms with E-state index in [4.69, 9.17) is 25.8 Å². The van der Waals surface area contributed by atoms with Crippen LogP contribution in [0.1, 0.15) is 12.5 Å². The lowest BCUT2D eigenvalue weighted by molar-refractivity contribution is -0.148. The van der Waals surface area contributed by atoms with Gasteiger partial charge in [0.05, 0.1) is 0 Å². The topological polar surface area (TPSA) is 73.9 Å². The van der Waals surface area contributed by atoms with Crippen molar-refractivity contribution in [3.05, 3.63) is 59.1 Å². The van der Waals surface area contributed by atoms with E-state index in [1.807, 2.05) is 0 Å². The normalized spacial score (nSPS) is 13.5. The second kappa shape index (κ2) is 7.93. The van der Waals surface area contributed by atoms with Crippen molar-refractivity contribution in [1.82, 2.24) is 0 Å². The highest BCUT2D eigenvalue weighted by molar-refractivity contribution is 6.30. The SMILES string of the molecule is C[C@@H](OC(=O)/C=C/c1ccc2c(c1)OCO2)C(=O)Nc1ccc(Cl)cc1. The molecule has 0 bridgehead atoms. The number of ether oxygens (including phenoxy) is 3. The molecule has 0 aromatic heterocycles. The summed E-state index contributed by atoms with van der Waals surface area (Å²) in [4.78, 5) is 24.0. The molecule has 1 amide bonds. The number of nitrogens with one attached hydrogen (secondary N) is 1. The Hall–Kier alpha value is -2.99. The number of anilines is 1. The number of amides is 1. The summed E-state index contributed by atoms with van der Waals surface area (Å²) in [5.41, 5.74) is 1.32. The van der Waals surface area contributed by atoms with Gasteiger partial charge in [0.15, 0.2) is 17.6 Å². The fraction of sp³-hybridized carbons (Fsp3) is 0.158. The number of hydrogen-bond acceptors (Lipinski definition) is 5. The third-order valence-corrected chi connectivity index (χ3v) is 3.83. The summed E-state index contributed by atoms with van der Waals surface area (Å²) in [6.45, 7) is 1.68. The van der Waals surface area contributed by atoms with Gasteiger partial charge in [-0.15, -0.1) is 0 Å². The number of benzene rings is 2. The molecule has 0 unspecified atom stereocenters. The average Bonchev–Trinajstić information content (AvgIpc) is 3.09. The standard InChI is InChI=1S/C19H16ClNO5/c1-12(19(23)21-15-6-4-14(20)5-7-15)26-18(22)9-3-13-2-8-16-17(10-13)25-11-24-16/h2-10,12H,11H2,1H3,(H,21,23)/b9-3+/t12-/m1/s1. The lowest BCUT2D eigenvalue weighted by atomic mass is 10.2. The molecule has 2 aromatic rings. The second-order valence-corrected chi connectivity index (χ2v) is 5.96. The first kappa shape index (κ1) is 17.8. The summed E-state index contributed by atoms with van der Waals surface area (Å²) in [5, 5.41) is 3.21. The Kier molecular flexibility index (Phi) is 5.43. The van der Waals surface area contributed by atoms with Gasteiger partial charge in [-0.1, -0.05) is 17.7 Å². The first-order valence-corrected chi connectivity index (χ1v) is 8.24. The van der Waals surface area contributed by atoms with Crippen LogP contribution in [-0.2, 0) is 14.3 Å². The molecular formula is C19H16ClNO5. The average molecular weight is 374 g/mol. The lowest BCUT2D eigenvalue weighted by Gasteiger charge is -2.12. The first-order valence-electron chi connectivity index (χ1n) is 7.86. The quantitative estimate of drug-likeness (QED) is 0.639. The fourth-order valence-electron chi connectivity index (χ4n) is 2.23. The molecule has 0 saturated heterocycles. The van der Waals surface area contributed by atoms with Crippen LogP contribution < -0.4 is 14.8 Å². The van der Waals surface area contributed by atoms with Crippen LogP contribution in [0.5, 0.6) is 11.5 Å². The maximum absolute atomic E-state index is 12.1. The highest BCUT2D eigenvalue weighted by Crippen LogP contribution is 2.32. The number of fused-ring (bicyclic) bond motifs is 1. The molecule has 1 atom stereocenters. The van der Waals surface area contributed by atoms with Gasteiger partial charge >= 0.3 is 5.97 Å². The van der Waals surface area contributed by atoms with Crippen molar-refractivity contribution in [3.8, 4) is 11.5 Å². The van der Waals surface area contributed by atoms with Gasteiger partial charge in [0.2, 0.25) is 6.79 Å². The van der Waals surface area contributed by atoms with E-state index in [1.165, 1.54) is 13.0 Å². The van der Waals surface area contributed by atoms with Crippen LogP contribution in [0.4, 0.5) is 5.69 Å². The Balaban J connectivity index is 1.53. The van der Waals surface area contributed by atoms with Crippen LogP contribution in [0.15, 0.2) is 48.5 Å². The van der Waals surface area contributed by atoms with Gasteiger partial charge in [0.25, 0.3) is 5.91 Å². The van der Waals surface area contributed by atoms with Crippen molar-refractivity contribution in [1.29, 1.82) is 0 Å². The van der Waals surface area contributed by atoms with Gasteiger partial charge in [-0.2, -0.15) is 0 Å². The molecule has 0 spiro atoms. The zero-order valence-corrected chi connectivity index (χ0v) is 14.7. The molecule has 3 rings (SSSR count). The van der Waals surface area contributed by atoms with Crippen molar-refractivity contribution in [2.75, 3.05) is 12.1 Å². The molecule has 26 heavy (non-hydrogen) atoms. The molecule has 134 valence electrons. The first-order chi connectivity index (χ1) is 12.5. The van der Waals surface area contributed by atoms with E-state index < -0.39 is 18.0 Å². The Morgan fingerprint density at radius 1 is 1.15 bits per heavy atom. The number of rotatable bonds is 5. The Morgan fingerprint density at radius 3 is 2.65 bits per heavy atom. The maximum Gasteiger partial charge on any atom is 0.331 e. The van der Waals surface area contributed by atoms with Crippen LogP contribution in [0.25, 0.3) is 6.08 Å². The monoisotopic (exact) mass is 373 g/mol. The minimum atomic E-state index is -0.945. The van der Waals surface area contributed by atoms with Crippen molar-refractivity contribution >= 4 is 35.2 Å². The summed E-state index contributed by atoms with van der Waals surface area (Å²) in [7, 11) is 0. The van der Waals surface area contributed by atoms with E-state index in [2.05, 4.69) is 5.32 Å². The Labute approximate surface area is 155 Å². The summed E-state index contributed by atoms with van der Waals surface area (Å²) in [6, 6.07) is 11.9. The number of esters is 1. The van der Waals surface area contributed by atoms with Gasteiger partial charge in [-0.05, 0) is 55.0 Å². The molecule has 2 aromatic carbocycles. The fourth-order valence-corrected chi connectivity index (χ4v) is 2.35. The third kappa shape index (κ3) is 4.55. The molecule has 7 heteroatoms. The van der Waals surface area contributed by atoms with E-state index in [9.17, 15) is 9.59 Å². The van der Waals surface area contributed by atoms with Crippen LogP contribution in [-0.4, -0.2) is 24.8 Å². The van der Waals surface area contributed by atoms with Crippen molar-refractivity contribution in [2.24, 2.45) is 0 Å². The summed E-state index contributed by atoms with van der Waals surface area (Å²) in [5.74, 6) is 0.229. The molecule has 1 aliphatic heterocycles. The summed E-state index contributed by atoms with van der Waals surface area (Å²) < 4.78 is 15.6. The molecule has 0 radical (unpaired) electrons. The van der Waals surface area contributed by atoms with Gasteiger partial charge in [0, 0.05) is 16.8 Å². The minimum Gasteiger partial charge on any atom is -0.454 e. The van der Waals surface area contributed by atoms with E-state index in [0.29, 0.717) is 22.2 Å². The van der Waals surface area contributed by atoms with Gasteiger partial charge < -0.3 is 19.5 Å². The molecule has 1 heterocycles. The Bertz CT molecular complexity index is 848. The zero-order chi connectivity index (χ0) is 18.5. The third-order valence-electron chi connectivity index (χ3n) is 3.58. The molecule has 0 saturated carbocycles. The number of hydrogen-bond donors (Lipinski definition) is 1. The summed E-state index contributed by atoms with van der Waals surface area (Å²) in [6.07, 6.45) is 1.89. The van der Waals surface area contributed by atoms with Gasteiger partial charge in [0.1, 0.15) is 0 Å². The highest BCUT2D eigenvalue weighted by atomic mass is 35.5. The van der Waals surface area contributed by atoms with Crippen molar-refractivity contribution in [3.63, 3.8) is 0 Å². The van der Waals surface area contributed by atoms with Crippen LogP contribution in [0, 0.1) is 0 Å². The molecule has 1 aliphatic rings. The highest BCUT2D eigenvalue weighted by Gasteiger charge is 2.17. The smallest absolute Gasteiger partial charge is 0.331 e. The predicted molar refractivity (Wildman–Crippen MR) is 97.2 cm³/mol. The van der Waals surface area contributed by atoms with Crippen LogP contribution in [0.2, 0.25) is 5.02 Å². The largest absolute Gasteiger partial charge is 0.454 e. The molecule has 0 fully saturated rings. The van der Waals surface area contributed by atoms with E-state index in [-0.39, 0.29) is 6.79 Å². The molecular weight excluding hydrogens is 358 g/mol. The van der Waals surface area contributed by atoms with Gasteiger partial charge in [-0.25, -0.2) is 4.79 Å². The van der Waals surface area contributed by atoms with Gasteiger partial charge in [-0.3, -0.25) is 4.79 Å². The van der Waals surface area contributed by atoms with Crippen LogP contribution in [0.3, 0.4) is 0 Å². The van der Waals surface area contributed by atoms with Crippen molar-refractivity contribution < 1.29 is 23.8 Å². The zero-order valence-electron chi connectivity index (χ0n) is 13.9. The van der Waals surface area contributed by atoms with E-state index >= 15 is 0 Å². The molecule has 6 nitrogen and oxygen atoms in total. The molecule has 0 aliphatic carbocycles. The van der Waals surface area contributed by atoms with Crippen LogP contribution >= 0.6 is 11.6 Å². The van der Waals surface area contributed by atoms with E-state index in [1.54, 1.807) is 48.5 Å². The second-order valence-electron chi connectivity index (χ2n) is 5.52. The number of halogens is 1. The number of carbonyl (C=O) groups is 2. The predicted octanol–water partition coefficient (Wildman–Crippen LogP) is 3.65. The Morgan fingerprint density at radius 2 is 1.88 bits per heavy atom.